The second kappa shape index (κ2) is 7.77. The first-order valence-electron chi connectivity index (χ1n) is 6.92. The summed E-state index contributed by atoms with van der Waals surface area (Å²) in [5, 5.41) is 14.2. The van der Waals surface area contributed by atoms with Gasteiger partial charge in [0.05, 0.1) is 16.7 Å². The van der Waals surface area contributed by atoms with Crippen LogP contribution in [0.3, 0.4) is 0 Å². The Morgan fingerprint density at radius 2 is 2.12 bits per heavy atom. The monoisotopic (exact) mass is 404 g/mol. The van der Waals surface area contributed by atoms with Crippen LogP contribution in [0.2, 0.25) is 10.0 Å². The molecule has 3 N–H and O–H groups in total. The summed E-state index contributed by atoms with van der Waals surface area (Å²) in [6, 6.07) is 4.55. The number of alkyl halides is 2. The van der Waals surface area contributed by atoms with Gasteiger partial charge in [0.15, 0.2) is 0 Å². The fraction of sp³-hybridized carbons (Fsp3) is 0.538. The molecule has 11 heteroatoms. The Morgan fingerprint density at radius 1 is 1.42 bits per heavy atom. The van der Waals surface area contributed by atoms with Gasteiger partial charge in [-0.05, 0) is 17.7 Å². The smallest absolute Gasteiger partial charge is 0.350 e. The van der Waals surface area contributed by atoms with E-state index in [1.165, 1.54) is 12.1 Å². The molecule has 136 valence electrons. The van der Waals surface area contributed by atoms with Crippen LogP contribution in [-0.4, -0.2) is 51.1 Å². The van der Waals surface area contributed by atoms with Gasteiger partial charge in [-0.25, -0.2) is 13.1 Å². The van der Waals surface area contributed by atoms with E-state index >= 15 is 0 Å². The Bertz CT molecular complexity index is 693. The molecular formula is C13H16Cl2F2N2O4S. The normalized spacial score (nSPS) is 25.7. The second-order valence-corrected chi connectivity index (χ2v) is 7.88. The zero-order valence-electron chi connectivity index (χ0n) is 12.3. The number of hydrogen-bond acceptors (Lipinski definition) is 5. The summed E-state index contributed by atoms with van der Waals surface area (Å²) in [7, 11) is -4.84. The summed E-state index contributed by atoms with van der Waals surface area (Å²) in [4.78, 5) is 0. The SMILES string of the molecule is O=S(=O)(NC[C@@]1(O)CNCCO[C@@H]1c1ccc(Cl)c(Cl)c1)C(F)F. The molecule has 1 heterocycles. The third kappa shape index (κ3) is 4.54. The van der Waals surface area contributed by atoms with Crippen molar-refractivity contribution in [3.05, 3.63) is 33.8 Å². The molecule has 24 heavy (non-hydrogen) atoms. The lowest BCUT2D eigenvalue weighted by Crippen LogP contribution is -2.53. The maximum Gasteiger partial charge on any atom is 0.350 e. The maximum absolute atomic E-state index is 12.5. The summed E-state index contributed by atoms with van der Waals surface area (Å²) in [5.74, 6) is -3.59. The topological polar surface area (TPSA) is 87.7 Å². The van der Waals surface area contributed by atoms with Gasteiger partial charge in [0.25, 0.3) is 10.0 Å². The van der Waals surface area contributed by atoms with E-state index in [0.29, 0.717) is 17.1 Å². The van der Waals surface area contributed by atoms with Crippen molar-refractivity contribution in [3.63, 3.8) is 0 Å². The number of benzene rings is 1. The number of ether oxygens (including phenoxy) is 1. The van der Waals surface area contributed by atoms with Gasteiger partial charge in [-0.15, -0.1) is 0 Å². The van der Waals surface area contributed by atoms with Gasteiger partial charge in [0.2, 0.25) is 0 Å². The lowest BCUT2D eigenvalue weighted by atomic mass is 9.91. The number of rotatable bonds is 5. The molecule has 2 rings (SSSR count). The Kier molecular flexibility index (Phi) is 6.40. The van der Waals surface area contributed by atoms with Gasteiger partial charge in [0, 0.05) is 19.6 Å². The zero-order valence-corrected chi connectivity index (χ0v) is 14.6. The molecule has 1 aromatic rings. The minimum atomic E-state index is -4.84. The van der Waals surface area contributed by atoms with Gasteiger partial charge in [-0.3, -0.25) is 0 Å². The minimum Gasteiger partial charge on any atom is -0.384 e. The van der Waals surface area contributed by atoms with E-state index in [9.17, 15) is 22.3 Å². The average Bonchev–Trinajstić information content (AvgIpc) is 2.70. The molecular weight excluding hydrogens is 389 g/mol. The van der Waals surface area contributed by atoms with Gasteiger partial charge >= 0.3 is 5.76 Å². The molecule has 1 aromatic carbocycles. The number of halogens is 4. The van der Waals surface area contributed by atoms with Crippen LogP contribution in [0.1, 0.15) is 11.7 Å². The maximum atomic E-state index is 12.5. The number of β-amino-alcohol motifs (C(OH)–C–C–N with tert-alkyl or cyclic N) is 1. The molecule has 0 amide bonds. The molecule has 0 saturated carbocycles. The van der Waals surface area contributed by atoms with Crippen molar-refractivity contribution in [2.24, 2.45) is 0 Å². The van der Waals surface area contributed by atoms with Crippen LogP contribution in [0.25, 0.3) is 0 Å². The van der Waals surface area contributed by atoms with Crippen LogP contribution in [0.15, 0.2) is 18.2 Å². The molecule has 1 fully saturated rings. The summed E-state index contributed by atoms with van der Waals surface area (Å²) >= 11 is 11.8. The van der Waals surface area contributed by atoms with E-state index in [4.69, 9.17) is 27.9 Å². The second-order valence-electron chi connectivity index (χ2n) is 5.33. The van der Waals surface area contributed by atoms with E-state index in [2.05, 4.69) is 5.32 Å². The Labute approximate surface area is 148 Å². The molecule has 0 unspecified atom stereocenters. The molecule has 6 nitrogen and oxygen atoms in total. The molecule has 1 aliphatic rings. The standard InChI is InChI=1S/C13H16Cl2F2N2O4S/c14-9-2-1-8(5-10(9)15)11-13(20,6-18-3-4-23-11)7-19-24(21,22)12(16)17/h1-2,5,11-12,18-20H,3-4,6-7H2/t11-,13+/m1/s1. The predicted octanol–water partition coefficient (Wildman–Crippen LogP) is 1.53. The molecule has 0 aliphatic carbocycles. The van der Waals surface area contributed by atoms with Gasteiger partial charge in [0.1, 0.15) is 11.7 Å². The van der Waals surface area contributed by atoms with Crippen molar-refractivity contribution in [3.8, 4) is 0 Å². The third-order valence-corrected chi connectivity index (χ3v) is 5.30. The zero-order chi connectivity index (χ0) is 18.0. The lowest BCUT2D eigenvalue weighted by Gasteiger charge is -2.34. The van der Waals surface area contributed by atoms with Crippen molar-refractivity contribution in [1.29, 1.82) is 0 Å². The van der Waals surface area contributed by atoms with Gasteiger partial charge in [-0.1, -0.05) is 29.3 Å². The lowest BCUT2D eigenvalue weighted by molar-refractivity contribution is -0.0909. The van der Waals surface area contributed by atoms with E-state index in [1.807, 2.05) is 0 Å². The number of sulfonamides is 1. The first-order chi connectivity index (χ1) is 11.2. The minimum absolute atomic E-state index is 0.0658. The van der Waals surface area contributed by atoms with Crippen molar-refractivity contribution in [1.82, 2.24) is 10.0 Å². The summed E-state index contributed by atoms with van der Waals surface area (Å²) in [6.07, 6.45) is -0.984. The van der Waals surface area contributed by atoms with Crippen LogP contribution in [0.4, 0.5) is 8.78 Å². The number of aliphatic hydroxyl groups is 1. The van der Waals surface area contributed by atoms with E-state index in [0.717, 1.165) is 0 Å². The molecule has 0 radical (unpaired) electrons. The van der Waals surface area contributed by atoms with Crippen molar-refractivity contribution < 1.29 is 27.0 Å². The highest BCUT2D eigenvalue weighted by Crippen LogP contribution is 2.34. The molecule has 2 atom stereocenters. The highest BCUT2D eigenvalue weighted by Gasteiger charge is 2.42. The molecule has 0 spiro atoms. The van der Waals surface area contributed by atoms with Crippen LogP contribution in [-0.2, 0) is 14.8 Å². The summed E-state index contributed by atoms with van der Waals surface area (Å²) in [5.41, 5.74) is -1.35. The highest BCUT2D eigenvalue weighted by atomic mass is 35.5. The van der Waals surface area contributed by atoms with E-state index in [1.54, 1.807) is 10.8 Å². The van der Waals surface area contributed by atoms with Gasteiger partial charge < -0.3 is 15.2 Å². The first-order valence-corrected chi connectivity index (χ1v) is 9.22. The Balaban J connectivity index is 2.29. The van der Waals surface area contributed by atoms with Crippen LogP contribution < -0.4 is 10.0 Å². The molecule has 1 saturated heterocycles. The first kappa shape index (κ1) is 19.8. The van der Waals surface area contributed by atoms with E-state index in [-0.39, 0.29) is 18.2 Å². The summed E-state index contributed by atoms with van der Waals surface area (Å²) < 4.78 is 54.8. The number of nitrogens with one attached hydrogen (secondary N) is 2. The predicted molar refractivity (Wildman–Crippen MR) is 85.9 cm³/mol. The average molecular weight is 405 g/mol. The van der Waals surface area contributed by atoms with Crippen molar-refractivity contribution in [2.75, 3.05) is 26.2 Å². The highest BCUT2D eigenvalue weighted by molar-refractivity contribution is 7.89. The molecule has 0 bridgehead atoms. The van der Waals surface area contributed by atoms with Crippen LogP contribution in [0, 0.1) is 0 Å². The van der Waals surface area contributed by atoms with Gasteiger partial charge in [-0.2, -0.15) is 8.78 Å². The van der Waals surface area contributed by atoms with Crippen LogP contribution >= 0.6 is 23.2 Å². The van der Waals surface area contributed by atoms with Crippen molar-refractivity contribution >= 4 is 33.2 Å². The fourth-order valence-corrected chi connectivity index (χ4v) is 3.21. The number of hydrogen-bond donors (Lipinski definition) is 3. The largest absolute Gasteiger partial charge is 0.384 e. The summed E-state index contributed by atoms with van der Waals surface area (Å²) in [6.45, 7) is -0.0855. The Morgan fingerprint density at radius 3 is 2.75 bits per heavy atom. The third-order valence-electron chi connectivity index (χ3n) is 3.54. The van der Waals surface area contributed by atoms with Crippen molar-refractivity contribution in [2.45, 2.75) is 17.5 Å². The van der Waals surface area contributed by atoms with E-state index < -0.39 is 34.0 Å². The van der Waals surface area contributed by atoms with Crippen LogP contribution in [0.5, 0.6) is 0 Å². The Hall–Kier alpha value is -0.550. The molecule has 1 aliphatic heterocycles. The quantitative estimate of drug-likeness (QED) is 0.692. The fourth-order valence-electron chi connectivity index (χ4n) is 2.33. The molecule has 0 aromatic heterocycles.